The van der Waals surface area contributed by atoms with Crippen LogP contribution in [0.3, 0.4) is 0 Å². The maximum absolute atomic E-state index is 13.0. The van der Waals surface area contributed by atoms with E-state index in [1.807, 2.05) is 0 Å². The molecule has 1 aliphatic heterocycles. The van der Waals surface area contributed by atoms with E-state index in [2.05, 4.69) is 15.0 Å². The van der Waals surface area contributed by atoms with Gasteiger partial charge < -0.3 is 32.4 Å². The van der Waals surface area contributed by atoms with Crippen LogP contribution in [-0.4, -0.2) is 81.8 Å². The number of anilines is 1. The summed E-state index contributed by atoms with van der Waals surface area (Å²) >= 11 is 0. The number of imidazole rings is 1. The fourth-order valence-corrected chi connectivity index (χ4v) is 4.65. The van der Waals surface area contributed by atoms with Crippen molar-refractivity contribution in [2.24, 2.45) is 17.2 Å². The number of aromatic nitrogens is 4. The fraction of sp³-hybridized carbons (Fsp3) is 0.556. The van der Waals surface area contributed by atoms with E-state index in [1.165, 1.54) is 17.2 Å². The summed E-state index contributed by atoms with van der Waals surface area (Å²) in [6, 6.07) is -2.19. The summed E-state index contributed by atoms with van der Waals surface area (Å²) in [7, 11) is -4.56. The number of fused-ring (bicyclic) bond motifs is 1. The number of carbonyl (C=O) groups excluding carboxylic acids is 3. The lowest BCUT2D eigenvalue weighted by Gasteiger charge is -2.22. The Bertz CT molecular complexity index is 1200. The highest BCUT2D eigenvalue weighted by Gasteiger charge is 2.41. The molecular weight excluding hydrogens is 484 g/mol. The van der Waals surface area contributed by atoms with Crippen molar-refractivity contribution >= 4 is 45.0 Å². The summed E-state index contributed by atoms with van der Waals surface area (Å²) in [5, 5.41) is 0. The first-order chi connectivity index (χ1) is 16.5. The average Bonchev–Trinajstić information content (AvgIpc) is 3.38. The van der Waals surface area contributed by atoms with Gasteiger partial charge in [-0.15, -0.1) is 0 Å². The molecule has 3 heterocycles. The van der Waals surface area contributed by atoms with Gasteiger partial charge in [0.25, 0.3) is 5.91 Å². The number of primary amides is 1. The molecule has 3 rings (SSSR count). The summed E-state index contributed by atoms with van der Waals surface area (Å²) in [6.07, 6.45) is 2.69. The monoisotopic (exact) mass is 512 g/mol. The van der Waals surface area contributed by atoms with Gasteiger partial charge in [-0.3, -0.25) is 14.4 Å². The third-order valence-corrected chi connectivity index (χ3v) is 6.42. The number of hydrogen-bond donors (Lipinski definition) is 5. The zero-order valence-corrected chi connectivity index (χ0v) is 19.6. The first kappa shape index (κ1) is 26.2. The van der Waals surface area contributed by atoms with Crippen LogP contribution in [0.1, 0.15) is 25.7 Å². The first-order valence-electron chi connectivity index (χ1n) is 10.7. The topological polar surface area (TPSA) is 258 Å². The highest BCUT2D eigenvalue weighted by molar-refractivity contribution is 7.85. The Morgan fingerprint density at radius 3 is 2.66 bits per heavy atom. The highest BCUT2D eigenvalue weighted by Crippen LogP contribution is 2.23. The maximum Gasteiger partial charge on any atom is 0.362 e. The second kappa shape index (κ2) is 10.9. The molecule has 1 fully saturated rings. The minimum Gasteiger partial charge on any atom is -0.382 e. The van der Waals surface area contributed by atoms with Gasteiger partial charge in [0.15, 0.2) is 11.5 Å². The number of unbranched alkanes of at least 4 members (excludes halogenated alkanes) is 1. The Labute approximate surface area is 200 Å². The quantitative estimate of drug-likeness (QED) is 0.185. The van der Waals surface area contributed by atoms with Crippen molar-refractivity contribution in [2.75, 3.05) is 18.8 Å². The Morgan fingerprint density at radius 2 is 1.97 bits per heavy atom. The van der Waals surface area contributed by atoms with Crippen LogP contribution < -0.4 is 27.7 Å². The summed E-state index contributed by atoms with van der Waals surface area (Å²) in [6.45, 7) is -0.106. The Kier molecular flexibility index (Phi) is 8.15. The molecule has 3 atom stereocenters. The van der Waals surface area contributed by atoms with Gasteiger partial charge in [-0.1, -0.05) is 6.42 Å². The molecule has 3 amide bonds. The highest BCUT2D eigenvalue weighted by atomic mass is 32.2. The molecule has 0 aromatic carbocycles. The van der Waals surface area contributed by atoms with Crippen molar-refractivity contribution in [3.05, 3.63) is 12.7 Å². The van der Waals surface area contributed by atoms with Crippen molar-refractivity contribution in [1.29, 1.82) is 0 Å². The number of amides is 3. The molecule has 2 aromatic heterocycles. The lowest BCUT2D eigenvalue weighted by atomic mass is 10.1. The van der Waals surface area contributed by atoms with Gasteiger partial charge in [0, 0.05) is 13.0 Å². The number of nitrogen functional groups attached to an aromatic ring is 1. The second-order valence-electron chi connectivity index (χ2n) is 8.03. The van der Waals surface area contributed by atoms with Crippen LogP contribution in [0.4, 0.5) is 5.82 Å². The summed E-state index contributed by atoms with van der Waals surface area (Å²) < 4.78 is 32.9. The van der Waals surface area contributed by atoms with Gasteiger partial charge in [-0.25, -0.2) is 23.9 Å². The van der Waals surface area contributed by atoms with E-state index >= 15 is 0 Å². The summed E-state index contributed by atoms with van der Waals surface area (Å²) in [5.41, 5.74) is 22.9. The average molecular weight is 513 g/mol. The molecule has 17 heteroatoms. The first-order valence-corrected chi connectivity index (χ1v) is 12.1. The SMILES string of the molecule is NCCCC[C@H](N)C(=O)NS(=O)(=O)O[C@@H]1C[C@@H](C(N)=O)N(C(=O)Cn2cnc3c(N)ncnc32)C1. The van der Waals surface area contributed by atoms with Crippen LogP contribution >= 0.6 is 0 Å². The van der Waals surface area contributed by atoms with Crippen molar-refractivity contribution in [3.8, 4) is 0 Å². The lowest BCUT2D eigenvalue weighted by Crippen LogP contribution is -2.45. The van der Waals surface area contributed by atoms with Crippen LogP contribution in [0.2, 0.25) is 0 Å². The number of nitrogens with zero attached hydrogens (tertiary/aromatic N) is 5. The Morgan fingerprint density at radius 1 is 1.23 bits per heavy atom. The molecule has 9 N–H and O–H groups in total. The van der Waals surface area contributed by atoms with Crippen LogP contribution in [-0.2, 0) is 35.4 Å². The predicted octanol–water partition coefficient (Wildman–Crippen LogP) is -3.30. The molecule has 0 unspecified atom stereocenters. The van der Waals surface area contributed by atoms with Gasteiger partial charge >= 0.3 is 10.3 Å². The predicted molar refractivity (Wildman–Crippen MR) is 122 cm³/mol. The third kappa shape index (κ3) is 6.38. The fourth-order valence-electron chi connectivity index (χ4n) is 3.71. The van der Waals surface area contributed by atoms with Gasteiger partial charge in [-0.05, 0) is 19.4 Å². The minimum absolute atomic E-state index is 0.136. The largest absolute Gasteiger partial charge is 0.382 e. The molecule has 0 aliphatic carbocycles. The van der Waals surface area contributed by atoms with E-state index in [0.29, 0.717) is 30.6 Å². The molecule has 0 bridgehead atoms. The maximum atomic E-state index is 13.0. The smallest absolute Gasteiger partial charge is 0.362 e. The van der Waals surface area contributed by atoms with Crippen molar-refractivity contribution in [2.45, 2.75) is 50.4 Å². The van der Waals surface area contributed by atoms with E-state index in [-0.39, 0.29) is 31.7 Å². The molecule has 16 nitrogen and oxygen atoms in total. The minimum atomic E-state index is -4.56. The lowest BCUT2D eigenvalue weighted by molar-refractivity contribution is -0.137. The number of nitrogens with two attached hydrogens (primary N) is 4. The summed E-state index contributed by atoms with van der Waals surface area (Å²) in [5.74, 6) is -2.19. The van der Waals surface area contributed by atoms with Crippen molar-refractivity contribution < 1.29 is 27.0 Å². The number of rotatable bonds is 11. The second-order valence-corrected chi connectivity index (χ2v) is 9.34. The molecule has 0 saturated carbocycles. The van der Waals surface area contributed by atoms with Crippen LogP contribution in [0.25, 0.3) is 11.2 Å². The molecular formula is C18H28N10O6S. The summed E-state index contributed by atoms with van der Waals surface area (Å²) in [4.78, 5) is 50.0. The van der Waals surface area contributed by atoms with E-state index in [9.17, 15) is 22.8 Å². The number of carbonyl (C=O) groups is 3. The normalized spacial score (nSPS) is 19.1. The van der Waals surface area contributed by atoms with Gasteiger partial charge in [-0.2, -0.15) is 8.42 Å². The van der Waals surface area contributed by atoms with Crippen molar-refractivity contribution in [1.82, 2.24) is 29.1 Å². The Hall–Kier alpha value is -3.41. The van der Waals surface area contributed by atoms with Gasteiger partial charge in [0.05, 0.1) is 18.5 Å². The molecule has 0 radical (unpaired) electrons. The van der Waals surface area contributed by atoms with Crippen molar-refractivity contribution in [3.63, 3.8) is 0 Å². The number of nitrogens with one attached hydrogen (secondary N) is 1. The van der Waals surface area contributed by atoms with Crippen LogP contribution in [0.15, 0.2) is 12.7 Å². The Balaban J connectivity index is 1.65. The van der Waals surface area contributed by atoms with Crippen LogP contribution in [0, 0.1) is 0 Å². The third-order valence-electron chi connectivity index (χ3n) is 5.44. The standard InChI is InChI=1S/C18H28N10O6S/c19-4-2-1-3-11(20)18(31)26-35(32,33)34-10-5-12(16(22)30)28(6-10)13(29)7-27-9-25-14-15(21)23-8-24-17(14)27/h8-12H,1-7,19-20H2,(H2,22,30)(H,26,31)(H2,21,23,24)/t10-,11+,12+/m1/s1. The number of likely N-dealkylation sites (tertiary alicyclic amines) is 1. The molecule has 1 aliphatic rings. The molecule has 192 valence electrons. The number of hydrogen-bond acceptors (Lipinski definition) is 12. The molecule has 35 heavy (non-hydrogen) atoms. The van der Waals surface area contributed by atoms with E-state index < -0.39 is 46.2 Å². The zero-order valence-electron chi connectivity index (χ0n) is 18.7. The van der Waals surface area contributed by atoms with Gasteiger partial charge in [0.1, 0.15) is 24.4 Å². The van der Waals surface area contributed by atoms with Crippen LogP contribution in [0.5, 0.6) is 0 Å². The van der Waals surface area contributed by atoms with E-state index in [1.54, 1.807) is 4.72 Å². The van der Waals surface area contributed by atoms with E-state index in [0.717, 1.165) is 4.90 Å². The molecule has 0 spiro atoms. The molecule has 2 aromatic rings. The van der Waals surface area contributed by atoms with E-state index in [4.69, 9.17) is 27.1 Å². The zero-order chi connectivity index (χ0) is 25.8. The molecule has 1 saturated heterocycles. The van der Waals surface area contributed by atoms with Gasteiger partial charge in [0.2, 0.25) is 11.8 Å².